The van der Waals surface area contributed by atoms with Crippen molar-refractivity contribution in [3.8, 4) is 11.1 Å². The number of carbonyl (C=O) groups is 1. The Hall–Kier alpha value is -2.63. The molecule has 2 N–H and O–H groups in total. The van der Waals surface area contributed by atoms with E-state index < -0.39 is 5.97 Å². The average Bonchev–Trinajstić information content (AvgIpc) is 3.16. The van der Waals surface area contributed by atoms with Crippen LogP contribution < -0.4 is 0 Å². The summed E-state index contributed by atoms with van der Waals surface area (Å²) in [6, 6.07) is 5.81. The third-order valence-corrected chi connectivity index (χ3v) is 4.14. The van der Waals surface area contributed by atoms with Gasteiger partial charge in [0.1, 0.15) is 17.0 Å². The number of aromatic amines is 1. The van der Waals surface area contributed by atoms with E-state index in [0.29, 0.717) is 22.6 Å². The zero-order valence-electron chi connectivity index (χ0n) is 11.9. The average molecular weight is 299 g/mol. The molecule has 3 aromatic rings. The van der Waals surface area contributed by atoms with Crippen molar-refractivity contribution in [2.24, 2.45) is 7.05 Å². The van der Waals surface area contributed by atoms with E-state index in [1.807, 2.05) is 11.7 Å². The van der Waals surface area contributed by atoms with Crippen molar-refractivity contribution in [1.82, 2.24) is 14.8 Å². The standard InChI is InChI=1S/C16H14FN3O2/c1-20-15(9-2-3-9)14-12(19-20)11(13(18-14)16(21)22)8-4-6-10(17)7-5-8/h4-7,9,18H,2-3H2,1H3,(H,21,22). The number of carboxylic acid groups (broad SMARTS) is 1. The summed E-state index contributed by atoms with van der Waals surface area (Å²) in [5.41, 5.74) is 3.73. The lowest BCUT2D eigenvalue weighted by Gasteiger charge is -2.02. The second kappa shape index (κ2) is 4.43. The van der Waals surface area contributed by atoms with Gasteiger partial charge in [-0.25, -0.2) is 9.18 Å². The van der Waals surface area contributed by atoms with Gasteiger partial charge in [-0.2, -0.15) is 5.10 Å². The van der Waals surface area contributed by atoms with Crippen LogP contribution in [0.1, 0.15) is 34.9 Å². The number of hydrogen-bond acceptors (Lipinski definition) is 2. The number of nitrogens with one attached hydrogen (secondary N) is 1. The number of fused-ring (bicyclic) bond motifs is 1. The van der Waals surface area contributed by atoms with Gasteiger partial charge in [-0.3, -0.25) is 4.68 Å². The van der Waals surface area contributed by atoms with Crippen molar-refractivity contribution < 1.29 is 14.3 Å². The minimum absolute atomic E-state index is 0.103. The molecule has 6 heteroatoms. The van der Waals surface area contributed by atoms with Crippen LogP contribution in [0.2, 0.25) is 0 Å². The maximum Gasteiger partial charge on any atom is 0.353 e. The first-order chi connectivity index (χ1) is 10.6. The molecule has 22 heavy (non-hydrogen) atoms. The second-order valence-electron chi connectivity index (χ2n) is 5.69. The van der Waals surface area contributed by atoms with Gasteiger partial charge in [-0.15, -0.1) is 0 Å². The molecule has 1 fully saturated rings. The molecule has 0 spiro atoms. The van der Waals surface area contributed by atoms with E-state index in [-0.39, 0.29) is 11.5 Å². The van der Waals surface area contributed by atoms with Gasteiger partial charge >= 0.3 is 5.97 Å². The molecular weight excluding hydrogens is 285 g/mol. The summed E-state index contributed by atoms with van der Waals surface area (Å²) in [6.45, 7) is 0. The predicted octanol–water partition coefficient (Wildman–Crippen LogP) is 3.28. The summed E-state index contributed by atoms with van der Waals surface area (Å²) in [7, 11) is 1.87. The van der Waals surface area contributed by atoms with Gasteiger partial charge in [0.25, 0.3) is 0 Å². The number of hydrogen-bond donors (Lipinski definition) is 2. The first-order valence-corrected chi connectivity index (χ1v) is 7.14. The van der Waals surface area contributed by atoms with Crippen LogP contribution in [0.5, 0.6) is 0 Å². The number of benzene rings is 1. The van der Waals surface area contributed by atoms with Crippen LogP contribution in [0.4, 0.5) is 4.39 Å². The minimum atomic E-state index is -1.04. The lowest BCUT2D eigenvalue weighted by molar-refractivity contribution is 0.0692. The summed E-state index contributed by atoms with van der Waals surface area (Å²) in [5, 5.41) is 14.0. The number of halogens is 1. The highest BCUT2D eigenvalue weighted by Crippen LogP contribution is 2.44. The van der Waals surface area contributed by atoms with Crippen LogP contribution in [0.3, 0.4) is 0 Å². The maximum atomic E-state index is 13.1. The normalized spacial score (nSPS) is 14.6. The number of H-pyrrole nitrogens is 1. The maximum absolute atomic E-state index is 13.1. The molecule has 1 aromatic carbocycles. The molecule has 1 aliphatic carbocycles. The summed E-state index contributed by atoms with van der Waals surface area (Å²) < 4.78 is 15.0. The summed E-state index contributed by atoms with van der Waals surface area (Å²) in [6.07, 6.45) is 2.20. The van der Waals surface area contributed by atoms with Crippen LogP contribution >= 0.6 is 0 Å². The number of carboxylic acids is 1. The Morgan fingerprint density at radius 2 is 2.05 bits per heavy atom. The van der Waals surface area contributed by atoms with Gasteiger partial charge < -0.3 is 10.1 Å². The molecule has 112 valence electrons. The van der Waals surface area contributed by atoms with Gasteiger partial charge in [0.15, 0.2) is 0 Å². The number of nitrogens with zero attached hydrogens (tertiary/aromatic N) is 2. The fourth-order valence-corrected chi connectivity index (χ4v) is 3.02. The van der Waals surface area contributed by atoms with Gasteiger partial charge in [0, 0.05) is 18.5 Å². The number of aromatic nitrogens is 3. The Kier molecular flexibility index (Phi) is 2.63. The van der Waals surface area contributed by atoms with Crippen LogP contribution in [0.15, 0.2) is 24.3 Å². The molecule has 0 atom stereocenters. The van der Waals surface area contributed by atoms with E-state index in [1.54, 1.807) is 12.1 Å². The highest BCUT2D eigenvalue weighted by atomic mass is 19.1. The molecule has 0 aliphatic heterocycles. The van der Waals surface area contributed by atoms with E-state index in [1.165, 1.54) is 12.1 Å². The molecule has 0 amide bonds. The van der Waals surface area contributed by atoms with Crippen LogP contribution in [0.25, 0.3) is 22.2 Å². The smallest absolute Gasteiger partial charge is 0.353 e. The Morgan fingerprint density at radius 3 is 2.64 bits per heavy atom. The van der Waals surface area contributed by atoms with Gasteiger partial charge in [0.05, 0.1) is 11.2 Å². The third kappa shape index (κ3) is 1.83. The molecule has 0 unspecified atom stereocenters. The monoisotopic (exact) mass is 299 g/mol. The fourth-order valence-electron chi connectivity index (χ4n) is 3.02. The fraction of sp³-hybridized carbons (Fsp3) is 0.250. The lowest BCUT2D eigenvalue weighted by atomic mass is 10.0. The number of aryl methyl sites for hydroxylation is 1. The topological polar surface area (TPSA) is 70.9 Å². The Labute approximate surface area is 125 Å². The van der Waals surface area contributed by atoms with Crippen molar-refractivity contribution >= 4 is 17.0 Å². The minimum Gasteiger partial charge on any atom is -0.477 e. The van der Waals surface area contributed by atoms with E-state index in [2.05, 4.69) is 10.1 Å². The van der Waals surface area contributed by atoms with E-state index >= 15 is 0 Å². The first-order valence-electron chi connectivity index (χ1n) is 7.14. The van der Waals surface area contributed by atoms with E-state index in [9.17, 15) is 14.3 Å². The van der Waals surface area contributed by atoms with Crippen LogP contribution in [-0.2, 0) is 7.05 Å². The SMILES string of the molecule is Cn1nc2c(-c3ccc(F)cc3)c(C(=O)O)[nH]c2c1C1CC1. The molecule has 1 saturated carbocycles. The molecule has 5 nitrogen and oxygen atoms in total. The lowest BCUT2D eigenvalue weighted by Crippen LogP contribution is -2.02. The van der Waals surface area contributed by atoms with Crippen LogP contribution in [-0.4, -0.2) is 25.8 Å². The highest BCUT2D eigenvalue weighted by molar-refractivity contribution is 6.06. The summed E-state index contributed by atoms with van der Waals surface area (Å²) in [4.78, 5) is 14.6. The molecule has 2 aromatic heterocycles. The zero-order valence-corrected chi connectivity index (χ0v) is 11.9. The summed E-state index contributed by atoms with van der Waals surface area (Å²) in [5.74, 6) is -0.954. The number of aromatic carboxylic acids is 1. The molecular formula is C16H14FN3O2. The Morgan fingerprint density at radius 1 is 1.36 bits per heavy atom. The quantitative estimate of drug-likeness (QED) is 0.779. The second-order valence-corrected chi connectivity index (χ2v) is 5.69. The first kappa shape index (κ1) is 13.1. The molecule has 0 saturated heterocycles. The highest BCUT2D eigenvalue weighted by Gasteiger charge is 2.32. The predicted molar refractivity (Wildman–Crippen MR) is 79.4 cm³/mol. The van der Waals surface area contributed by atoms with Crippen molar-refractivity contribution in [3.63, 3.8) is 0 Å². The van der Waals surface area contributed by atoms with Gasteiger partial charge in [-0.05, 0) is 30.5 Å². The van der Waals surface area contributed by atoms with E-state index in [0.717, 1.165) is 24.1 Å². The molecule has 1 aliphatic rings. The van der Waals surface area contributed by atoms with Gasteiger partial charge in [0.2, 0.25) is 0 Å². The molecule has 0 radical (unpaired) electrons. The van der Waals surface area contributed by atoms with E-state index in [4.69, 9.17) is 0 Å². The Balaban J connectivity index is 2.02. The Bertz CT molecular complexity index is 888. The van der Waals surface area contributed by atoms with Crippen molar-refractivity contribution in [1.29, 1.82) is 0 Å². The molecule has 2 heterocycles. The van der Waals surface area contributed by atoms with Crippen molar-refractivity contribution in [2.75, 3.05) is 0 Å². The van der Waals surface area contributed by atoms with Crippen molar-refractivity contribution in [3.05, 3.63) is 41.5 Å². The summed E-state index contributed by atoms with van der Waals surface area (Å²) >= 11 is 0. The third-order valence-electron chi connectivity index (χ3n) is 4.14. The largest absolute Gasteiger partial charge is 0.477 e. The van der Waals surface area contributed by atoms with Crippen molar-refractivity contribution in [2.45, 2.75) is 18.8 Å². The zero-order chi connectivity index (χ0) is 15.4. The van der Waals surface area contributed by atoms with Gasteiger partial charge in [-0.1, -0.05) is 12.1 Å². The molecule has 0 bridgehead atoms. The molecule has 4 rings (SSSR count). The number of rotatable bonds is 3. The van der Waals surface area contributed by atoms with Crippen LogP contribution in [0, 0.1) is 5.82 Å².